The van der Waals surface area contributed by atoms with E-state index in [2.05, 4.69) is 15.4 Å². The van der Waals surface area contributed by atoms with Crippen molar-refractivity contribution in [3.8, 4) is 0 Å². The normalized spacial score (nSPS) is 21.4. The number of aryl methyl sites for hydroxylation is 1. The Kier molecular flexibility index (Phi) is 5.82. The summed E-state index contributed by atoms with van der Waals surface area (Å²) in [7, 11) is 1.84. The van der Waals surface area contributed by atoms with Crippen LogP contribution in [0.25, 0.3) is 0 Å². The highest BCUT2D eigenvalue weighted by atomic mass is 16.6. The average Bonchev–Trinajstić information content (AvgIpc) is 2.92. The molecule has 8 heteroatoms. The van der Waals surface area contributed by atoms with E-state index in [9.17, 15) is 4.79 Å². The monoisotopic (exact) mass is 339 g/mol. The minimum absolute atomic E-state index is 0.00158. The Morgan fingerprint density at radius 3 is 2.75 bits per heavy atom. The fourth-order valence-corrected chi connectivity index (χ4v) is 2.60. The van der Waals surface area contributed by atoms with Gasteiger partial charge in [0.1, 0.15) is 11.9 Å². The summed E-state index contributed by atoms with van der Waals surface area (Å²) in [5, 5.41) is 7.75. The van der Waals surface area contributed by atoms with Crippen LogP contribution in [0.15, 0.2) is 6.33 Å². The highest BCUT2D eigenvalue weighted by molar-refractivity contribution is 5.68. The number of hydrogen-bond acceptors (Lipinski definition) is 6. The number of carbonyl (C=O) groups excluding carboxylic acids is 1. The molecule has 1 saturated heterocycles. The van der Waals surface area contributed by atoms with Crippen molar-refractivity contribution in [1.29, 1.82) is 0 Å². The van der Waals surface area contributed by atoms with Gasteiger partial charge >= 0.3 is 6.09 Å². The maximum absolute atomic E-state index is 12.2. The second-order valence-electron chi connectivity index (χ2n) is 7.29. The number of nitrogens with one attached hydrogen (secondary N) is 1. The molecule has 0 aromatic carbocycles. The van der Waals surface area contributed by atoms with Crippen LogP contribution in [0.1, 0.15) is 46.5 Å². The lowest BCUT2D eigenvalue weighted by molar-refractivity contribution is -0.0536. The lowest BCUT2D eigenvalue weighted by Gasteiger charge is -2.37. The molecule has 1 fully saturated rings. The third-order valence-corrected chi connectivity index (χ3v) is 3.82. The number of carbonyl (C=O) groups is 1. The first-order valence-electron chi connectivity index (χ1n) is 8.37. The molecule has 136 valence electrons. The van der Waals surface area contributed by atoms with E-state index in [1.165, 1.54) is 0 Å². The summed E-state index contributed by atoms with van der Waals surface area (Å²) in [5.74, 6) is 0.740. The molecule has 0 bridgehead atoms. The number of morpholine rings is 1. The number of hydrogen-bond donors (Lipinski definition) is 1. The molecule has 1 N–H and O–H groups in total. The smallest absolute Gasteiger partial charge is 0.410 e. The van der Waals surface area contributed by atoms with Crippen LogP contribution in [0.3, 0.4) is 0 Å². The Morgan fingerprint density at radius 2 is 2.17 bits per heavy atom. The Balaban J connectivity index is 1.90. The average molecular weight is 339 g/mol. The summed E-state index contributed by atoms with van der Waals surface area (Å²) in [6.45, 7) is 11.2. The SMILES string of the molecule is CC(NC(C)C1CN(C(=O)OC(C)(C)C)CCO1)c1ncn(C)n1. The Hall–Kier alpha value is -1.67. The molecule has 24 heavy (non-hydrogen) atoms. The van der Waals surface area contributed by atoms with Gasteiger partial charge in [0.05, 0.1) is 25.3 Å². The molecule has 3 unspecified atom stereocenters. The lowest BCUT2D eigenvalue weighted by Crippen LogP contribution is -2.53. The third kappa shape index (κ3) is 5.17. The van der Waals surface area contributed by atoms with Gasteiger partial charge in [0.2, 0.25) is 0 Å². The fourth-order valence-electron chi connectivity index (χ4n) is 2.60. The van der Waals surface area contributed by atoms with Gasteiger partial charge in [0, 0.05) is 19.6 Å². The van der Waals surface area contributed by atoms with E-state index < -0.39 is 5.60 Å². The summed E-state index contributed by atoms with van der Waals surface area (Å²) in [4.78, 5) is 18.2. The van der Waals surface area contributed by atoms with Crippen molar-refractivity contribution in [3.05, 3.63) is 12.2 Å². The minimum atomic E-state index is -0.492. The molecule has 0 spiro atoms. The molecule has 8 nitrogen and oxygen atoms in total. The van der Waals surface area contributed by atoms with Gasteiger partial charge in [-0.3, -0.25) is 4.68 Å². The molecule has 0 saturated carbocycles. The third-order valence-electron chi connectivity index (χ3n) is 3.82. The summed E-state index contributed by atoms with van der Waals surface area (Å²) in [5.41, 5.74) is -0.492. The summed E-state index contributed by atoms with van der Waals surface area (Å²) < 4.78 is 13.0. The van der Waals surface area contributed by atoms with Gasteiger partial charge in [-0.05, 0) is 34.6 Å². The quantitative estimate of drug-likeness (QED) is 0.895. The van der Waals surface area contributed by atoms with Gasteiger partial charge in [-0.25, -0.2) is 9.78 Å². The Labute approximate surface area is 143 Å². The molecular formula is C16H29N5O3. The van der Waals surface area contributed by atoms with Crippen LogP contribution < -0.4 is 5.32 Å². The molecule has 2 rings (SSSR count). The summed E-state index contributed by atoms with van der Waals surface area (Å²) in [6, 6.07) is 0.0516. The summed E-state index contributed by atoms with van der Waals surface area (Å²) >= 11 is 0. The van der Waals surface area contributed by atoms with Crippen molar-refractivity contribution < 1.29 is 14.3 Å². The highest BCUT2D eigenvalue weighted by Gasteiger charge is 2.31. The zero-order valence-electron chi connectivity index (χ0n) is 15.4. The molecule has 2 heterocycles. The van der Waals surface area contributed by atoms with Crippen molar-refractivity contribution >= 4 is 6.09 Å². The van der Waals surface area contributed by atoms with Crippen LogP contribution in [0.4, 0.5) is 4.79 Å². The fraction of sp³-hybridized carbons (Fsp3) is 0.812. The molecule has 3 atom stereocenters. The first-order chi connectivity index (χ1) is 11.2. The van der Waals surface area contributed by atoms with Crippen LogP contribution in [0.2, 0.25) is 0 Å². The topological polar surface area (TPSA) is 81.5 Å². The number of aromatic nitrogens is 3. The molecule has 0 radical (unpaired) electrons. The van der Waals surface area contributed by atoms with Crippen molar-refractivity contribution in [2.45, 2.75) is 58.4 Å². The number of amides is 1. The Morgan fingerprint density at radius 1 is 1.46 bits per heavy atom. The Bertz CT molecular complexity index is 554. The van der Waals surface area contributed by atoms with Crippen molar-refractivity contribution in [1.82, 2.24) is 25.0 Å². The van der Waals surface area contributed by atoms with Crippen molar-refractivity contribution in [2.75, 3.05) is 19.7 Å². The van der Waals surface area contributed by atoms with Gasteiger partial charge in [0.15, 0.2) is 5.82 Å². The first-order valence-corrected chi connectivity index (χ1v) is 8.37. The highest BCUT2D eigenvalue weighted by Crippen LogP contribution is 2.16. The number of ether oxygens (including phenoxy) is 2. The molecule has 0 aliphatic carbocycles. The predicted molar refractivity (Wildman–Crippen MR) is 89.6 cm³/mol. The molecule has 1 amide bonds. The van der Waals surface area contributed by atoms with Gasteiger partial charge in [-0.1, -0.05) is 0 Å². The summed E-state index contributed by atoms with van der Waals surface area (Å²) in [6.07, 6.45) is 1.29. The van der Waals surface area contributed by atoms with Crippen LogP contribution in [-0.2, 0) is 16.5 Å². The van der Waals surface area contributed by atoms with E-state index in [1.807, 2.05) is 41.7 Å². The van der Waals surface area contributed by atoms with Crippen molar-refractivity contribution in [3.63, 3.8) is 0 Å². The lowest BCUT2D eigenvalue weighted by atomic mass is 10.1. The minimum Gasteiger partial charge on any atom is -0.444 e. The maximum atomic E-state index is 12.2. The zero-order chi connectivity index (χ0) is 17.9. The molecule has 1 aliphatic heterocycles. The van der Waals surface area contributed by atoms with Crippen molar-refractivity contribution in [2.24, 2.45) is 7.05 Å². The second-order valence-corrected chi connectivity index (χ2v) is 7.29. The number of nitrogens with zero attached hydrogens (tertiary/aromatic N) is 4. The van der Waals surface area contributed by atoms with E-state index in [1.54, 1.807) is 15.9 Å². The molecule has 1 aromatic rings. The standard InChI is InChI=1S/C16H29N5O3/c1-11(18-12(2)14-17-10-20(6)19-14)13-9-21(7-8-23-13)15(22)24-16(3,4)5/h10-13,18H,7-9H2,1-6H3. The predicted octanol–water partition coefficient (Wildman–Crippen LogP) is 1.49. The van der Waals surface area contributed by atoms with E-state index in [4.69, 9.17) is 9.47 Å². The zero-order valence-corrected chi connectivity index (χ0v) is 15.4. The first kappa shape index (κ1) is 18.7. The molecule has 1 aromatic heterocycles. The largest absolute Gasteiger partial charge is 0.444 e. The van der Waals surface area contributed by atoms with Crippen LogP contribution >= 0.6 is 0 Å². The molecule has 1 aliphatic rings. The van der Waals surface area contributed by atoms with E-state index in [0.29, 0.717) is 19.7 Å². The van der Waals surface area contributed by atoms with Gasteiger partial charge in [-0.15, -0.1) is 0 Å². The van der Waals surface area contributed by atoms with Gasteiger partial charge in [-0.2, -0.15) is 5.10 Å². The number of rotatable bonds is 4. The van der Waals surface area contributed by atoms with Crippen LogP contribution in [0.5, 0.6) is 0 Å². The van der Waals surface area contributed by atoms with Gasteiger partial charge < -0.3 is 19.7 Å². The molecular weight excluding hydrogens is 310 g/mol. The van der Waals surface area contributed by atoms with Crippen LogP contribution in [0, 0.1) is 0 Å². The van der Waals surface area contributed by atoms with Crippen LogP contribution in [-0.4, -0.2) is 63.2 Å². The second kappa shape index (κ2) is 7.48. The van der Waals surface area contributed by atoms with E-state index >= 15 is 0 Å². The van der Waals surface area contributed by atoms with E-state index in [-0.39, 0.29) is 24.3 Å². The van der Waals surface area contributed by atoms with E-state index in [0.717, 1.165) is 5.82 Å². The van der Waals surface area contributed by atoms with Gasteiger partial charge in [0.25, 0.3) is 0 Å². The maximum Gasteiger partial charge on any atom is 0.410 e.